The largest absolute Gasteiger partial charge is 0.416 e. The maximum absolute atomic E-state index is 14.3. The van der Waals surface area contributed by atoms with E-state index in [-0.39, 0.29) is 24.6 Å². The van der Waals surface area contributed by atoms with Gasteiger partial charge in [-0.1, -0.05) is 55.1 Å². The number of hydrogen-bond donors (Lipinski definition) is 3. The minimum absolute atomic E-state index is 0.167. The van der Waals surface area contributed by atoms with Crippen molar-refractivity contribution in [2.45, 2.75) is 44.9 Å². The van der Waals surface area contributed by atoms with Crippen LogP contribution in [0.15, 0.2) is 107 Å². The molecule has 12 heteroatoms. The third-order valence-electron chi connectivity index (χ3n) is 8.59. The maximum Gasteiger partial charge on any atom is 0.416 e. The summed E-state index contributed by atoms with van der Waals surface area (Å²) in [6, 6.07) is 19.0. The first-order valence-electron chi connectivity index (χ1n) is 16.0. The second kappa shape index (κ2) is 14.9. The molecule has 3 aromatic carbocycles. The lowest BCUT2D eigenvalue weighted by Crippen LogP contribution is -2.59. The quantitative estimate of drug-likeness (QED) is 0.253. The normalized spacial score (nSPS) is 20.1. The highest BCUT2D eigenvalue weighted by atomic mass is 19.4. The number of hydrogen-bond acceptors (Lipinski definition) is 6. The zero-order valence-electron chi connectivity index (χ0n) is 27.4. The van der Waals surface area contributed by atoms with Gasteiger partial charge in [-0.05, 0) is 74.8 Å². The van der Waals surface area contributed by atoms with Crippen molar-refractivity contribution in [2.24, 2.45) is 10.7 Å². The highest BCUT2D eigenvalue weighted by Gasteiger charge is 2.45. The summed E-state index contributed by atoms with van der Waals surface area (Å²) >= 11 is 0. The first-order chi connectivity index (χ1) is 23.4. The Labute approximate surface area is 283 Å². The first kappa shape index (κ1) is 35.1. The lowest BCUT2D eigenvalue weighted by Gasteiger charge is -2.41. The molecule has 0 aromatic heterocycles. The zero-order chi connectivity index (χ0) is 35.3. The molecule has 49 heavy (non-hydrogen) atoms. The Hall–Kier alpha value is -5.23. The lowest BCUT2D eigenvalue weighted by atomic mass is 9.78. The third kappa shape index (κ3) is 8.09. The molecule has 0 saturated carbocycles. The molecule has 4 N–H and O–H groups in total. The number of nitrogens with zero attached hydrogens (tertiary/aromatic N) is 3. The molecule has 2 atom stereocenters. The van der Waals surface area contributed by atoms with E-state index >= 15 is 0 Å². The molecule has 256 valence electrons. The Morgan fingerprint density at radius 2 is 1.73 bits per heavy atom. The fourth-order valence-electron chi connectivity index (χ4n) is 5.99. The molecule has 9 nitrogen and oxygen atoms in total. The van der Waals surface area contributed by atoms with Crippen molar-refractivity contribution in [1.29, 1.82) is 0 Å². The summed E-state index contributed by atoms with van der Waals surface area (Å²) < 4.78 is 40.5. The number of nitrogens with one attached hydrogen (secondary N) is 2. The molecule has 0 aliphatic carbocycles. The number of para-hydroxylation sites is 1. The average Bonchev–Trinajstić information content (AvgIpc) is 3.06. The van der Waals surface area contributed by atoms with E-state index in [1.165, 1.54) is 11.0 Å². The van der Waals surface area contributed by atoms with Crippen molar-refractivity contribution in [3.63, 3.8) is 0 Å². The van der Waals surface area contributed by atoms with Gasteiger partial charge in [0.2, 0.25) is 5.91 Å². The predicted octanol–water partition coefficient (Wildman–Crippen LogP) is 5.29. The Balaban J connectivity index is 1.54. The fraction of sp³-hybridized carbons (Fsp3) is 0.297. The summed E-state index contributed by atoms with van der Waals surface area (Å²) in [5, 5.41) is 5.63. The number of carbonyl (C=O) groups is 3. The monoisotopic (exact) mass is 672 g/mol. The topological polar surface area (TPSA) is 120 Å². The number of aliphatic imine (C=N–C) groups is 1. The number of likely N-dealkylation sites (tertiary alicyclic amines) is 2. The molecule has 2 aliphatic heterocycles. The van der Waals surface area contributed by atoms with E-state index in [0.717, 1.165) is 37.7 Å². The second-order valence-corrected chi connectivity index (χ2v) is 12.1. The van der Waals surface area contributed by atoms with Gasteiger partial charge in [0.1, 0.15) is 11.9 Å². The van der Waals surface area contributed by atoms with Gasteiger partial charge in [0, 0.05) is 48.0 Å². The summed E-state index contributed by atoms with van der Waals surface area (Å²) in [6.07, 6.45) is -3.57. The number of likely N-dealkylation sites (N-methyl/N-ethyl adjacent to an activating group) is 1. The van der Waals surface area contributed by atoms with Crippen LogP contribution in [-0.2, 0) is 22.3 Å². The third-order valence-corrected chi connectivity index (χ3v) is 8.59. The summed E-state index contributed by atoms with van der Waals surface area (Å²) in [6.45, 7) is 10.1. The van der Waals surface area contributed by atoms with Gasteiger partial charge >= 0.3 is 6.18 Å². The molecule has 2 fully saturated rings. The van der Waals surface area contributed by atoms with Gasteiger partial charge in [0.15, 0.2) is 0 Å². The first-order valence-corrected chi connectivity index (χ1v) is 16.0. The average molecular weight is 673 g/mol. The van der Waals surface area contributed by atoms with E-state index in [1.54, 1.807) is 38.1 Å². The molecule has 2 heterocycles. The van der Waals surface area contributed by atoms with Gasteiger partial charge in [0.05, 0.1) is 11.3 Å². The molecule has 0 unspecified atom stereocenters. The summed E-state index contributed by atoms with van der Waals surface area (Å²) in [7, 11) is 0. The molecule has 0 bridgehead atoms. The highest BCUT2D eigenvalue weighted by molar-refractivity contribution is 6.15. The van der Waals surface area contributed by atoms with Crippen LogP contribution in [-0.4, -0.2) is 65.6 Å². The fourth-order valence-corrected chi connectivity index (χ4v) is 5.99. The van der Waals surface area contributed by atoms with Crippen LogP contribution >= 0.6 is 0 Å². The Morgan fingerprint density at radius 1 is 1.02 bits per heavy atom. The molecular weight excluding hydrogens is 633 g/mol. The van der Waals surface area contributed by atoms with Gasteiger partial charge in [-0.3, -0.25) is 24.2 Å². The van der Waals surface area contributed by atoms with Gasteiger partial charge in [-0.25, -0.2) is 4.99 Å². The standard InChI is InChI=1S/C37H39F3N6O3/c1-4-46-33(43-29-15-6-5-7-16-29)30(24(3)41)31(32(36(46)49)44-35(48)27-13-9-14-28(20-27)37(38,39)40)26-12-8-11-25(19-26)21-42-34(47)23(2)22-45-17-10-18-45/h5-9,11-16,19-20,31-32H,2,4,10,17-18,21-22,41H2,1,3H3,(H,42,47)(H,44,48)/b30-24-,43-33?/t31-,32+/m1/s1. The Morgan fingerprint density at radius 3 is 2.37 bits per heavy atom. The molecule has 0 radical (unpaired) electrons. The van der Waals surface area contributed by atoms with Crippen molar-refractivity contribution in [3.05, 3.63) is 125 Å². The minimum Gasteiger partial charge on any atom is -0.402 e. The summed E-state index contributed by atoms with van der Waals surface area (Å²) in [5.41, 5.74) is 8.46. The number of halogens is 3. The summed E-state index contributed by atoms with van der Waals surface area (Å²) in [4.78, 5) is 49.1. The molecule has 2 aliphatic rings. The van der Waals surface area contributed by atoms with Crippen LogP contribution in [0.4, 0.5) is 18.9 Å². The van der Waals surface area contributed by atoms with Crippen LogP contribution in [0.25, 0.3) is 0 Å². The second-order valence-electron chi connectivity index (χ2n) is 12.1. The molecule has 2 saturated heterocycles. The van der Waals surface area contributed by atoms with Gasteiger partial charge in [0.25, 0.3) is 11.8 Å². The zero-order valence-corrected chi connectivity index (χ0v) is 27.4. The van der Waals surface area contributed by atoms with Crippen molar-refractivity contribution in [2.75, 3.05) is 26.2 Å². The Bertz CT molecular complexity index is 1800. The van der Waals surface area contributed by atoms with E-state index in [9.17, 15) is 27.6 Å². The van der Waals surface area contributed by atoms with Crippen LogP contribution in [0.2, 0.25) is 0 Å². The van der Waals surface area contributed by atoms with Crippen LogP contribution in [0.5, 0.6) is 0 Å². The number of nitrogens with two attached hydrogens (primary N) is 1. The number of piperidine rings is 1. The number of benzene rings is 3. The van der Waals surface area contributed by atoms with E-state index in [0.29, 0.717) is 46.0 Å². The Kier molecular flexibility index (Phi) is 10.7. The van der Waals surface area contributed by atoms with E-state index in [1.807, 2.05) is 30.3 Å². The van der Waals surface area contributed by atoms with Gasteiger partial charge < -0.3 is 16.4 Å². The molecule has 5 rings (SSSR count). The molecule has 3 amide bonds. The van der Waals surface area contributed by atoms with Crippen molar-refractivity contribution in [1.82, 2.24) is 20.4 Å². The van der Waals surface area contributed by atoms with Gasteiger partial charge in [-0.2, -0.15) is 13.2 Å². The number of rotatable bonds is 10. The highest BCUT2D eigenvalue weighted by Crippen LogP contribution is 2.38. The smallest absolute Gasteiger partial charge is 0.402 e. The molecular formula is C37H39F3N6O3. The van der Waals surface area contributed by atoms with Gasteiger partial charge in [-0.15, -0.1) is 0 Å². The number of alkyl halides is 3. The molecule has 3 aromatic rings. The van der Waals surface area contributed by atoms with Crippen LogP contribution in [0.3, 0.4) is 0 Å². The number of amides is 3. The van der Waals surface area contributed by atoms with E-state index < -0.39 is 35.5 Å². The van der Waals surface area contributed by atoms with Crippen LogP contribution in [0.1, 0.15) is 53.2 Å². The van der Waals surface area contributed by atoms with Crippen molar-refractivity contribution >= 4 is 29.2 Å². The summed E-state index contributed by atoms with van der Waals surface area (Å²) in [5.74, 6) is -2.21. The van der Waals surface area contributed by atoms with E-state index in [2.05, 4.69) is 22.1 Å². The minimum atomic E-state index is -4.66. The predicted molar refractivity (Wildman–Crippen MR) is 182 cm³/mol. The molecule has 0 spiro atoms. The number of amidine groups is 1. The maximum atomic E-state index is 14.3. The number of allylic oxidation sites excluding steroid dienone is 1. The number of carbonyl (C=O) groups excluding carboxylic acids is 3. The lowest BCUT2D eigenvalue weighted by molar-refractivity contribution is -0.137. The SMILES string of the molecule is C=C(CN1CCC1)C(=O)NCc1cccc([C@@H]2/C(=C(\C)N)C(=Nc3ccccc3)N(CC)C(=O)[C@H]2NC(=O)c2cccc(C(F)(F)F)c2)c1. The van der Waals surface area contributed by atoms with Crippen LogP contribution < -0.4 is 16.4 Å². The van der Waals surface area contributed by atoms with E-state index in [4.69, 9.17) is 10.7 Å². The van der Waals surface area contributed by atoms with Crippen molar-refractivity contribution in [3.8, 4) is 0 Å². The van der Waals surface area contributed by atoms with Crippen molar-refractivity contribution < 1.29 is 27.6 Å². The van der Waals surface area contributed by atoms with Crippen LogP contribution in [0, 0.1) is 0 Å².